The molecule has 4 N–H and O–H groups in total. The summed E-state index contributed by atoms with van der Waals surface area (Å²) in [6, 6.07) is 20.4. The molecule has 2 aromatic carbocycles. The zero-order valence-corrected chi connectivity index (χ0v) is 28.0. The van der Waals surface area contributed by atoms with Crippen molar-refractivity contribution in [1.82, 2.24) is 25.4 Å². The highest BCUT2D eigenvalue weighted by Crippen LogP contribution is 2.32. The molecule has 48 heavy (non-hydrogen) atoms. The number of amides is 2. The smallest absolute Gasteiger partial charge is 0.239 e. The quantitative estimate of drug-likeness (QED) is 0.193. The first kappa shape index (κ1) is 33.8. The summed E-state index contributed by atoms with van der Waals surface area (Å²) >= 11 is 0. The number of β-amino-alcohol motifs (C(OH)–C–C–N with tert-alkyl or cyclic N) is 1. The van der Waals surface area contributed by atoms with Gasteiger partial charge in [0.05, 0.1) is 24.8 Å². The molecule has 1 fully saturated rings. The molecule has 0 spiro atoms. The van der Waals surface area contributed by atoms with E-state index in [9.17, 15) is 19.8 Å². The Morgan fingerprint density at radius 1 is 1.06 bits per heavy atom. The fourth-order valence-electron chi connectivity index (χ4n) is 7.05. The maximum atomic E-state index is 13.9. The summed E-state index contributed by atoms with van der Waals surface area (Å²) in [5, 5.41) is 29.6. The van der Waals surface area contributed by atoms with E-state index in [-0.39, 0.29) is 24.8 Å². The summed E-state index contributed by atoms with van der Waals surface area (Å²) < 4.78 is 6.04. The van der Waals surface area contributed by atoms with Gasteiger partial charge in [-0.3, -0.25) is 24.4 Å². The number of fused-ring (bicyclic) bond motifs is 2. The lowest BCUT2D eigenvalue weighted by molar-refractivity contribution is -0.132. The van der Waals surface area contributed by atoms with Crippen LogP contribution in [0.3, 0.4) is 0 Å². The lowest BCUT2D eigenvalue weighted by Gasteiger charge is -2.42. The number of piperazine rings is 1. The number of nitrogens with zero attached hydrogens (tertiary/aromatic N) is 3. The highest BCUT2D eigenvalue weighted by Gasteiger charge is 2.37. The number of aromatic nitrogens is 1. The molecule has 0 radical (unpaired) electrons. The van der Waals surface area contributed by atoms with Crippen molar-refractivity contribution in [2.75, 3.05) is 26.2 Å². The van der Waals surface area contributed by atoms with Crippen LogP contribution in [0.5, 0.6) is 0 Å². The molecule has 2 amide bonds. The van der Waals surface area contributed by atoms with Gasteiger partial charge >= 0.3 is 0 Å². The summed E-state index contributed by atoms with van der Waals surface area (Å²) in [6.45, 7) is 8.41. The predicted octanol–water partition coefficient (Wildman–Crippen LogP) is 3.61. The number of aliphatic hydroxyl groups is 2. The van der Waals surface area contributed by atoms with Crippen LogP contribution >= 0.6 is 0 Å². The van der Waals surface area contributed by atoms with Crippen LogP contribution in [0.2, 0.25) is 0 Å². The summed E-state index contributed by atoms with van der Waals surface area (Å²) in [4.78, 5) is 36.0. The third-order valence-corrected chi connectivity index (χ3v) is 9.32. The zero-order valence-electron chi connectivity index (χ0n) is 28.0. The van der Waals surface area contributed by atoms with E-state index in [0.717, 1.165) is 33.4 Å². The first-order valence-electron chi connectivity index (χ1n) is 16.9. The van der Waals surface area contributed by atoms with Gasteiger partial charge in [0, 0.05) is 61.8 Å². The fourth-order valence-corrected chi connectivity index (χ4v) is 7.05. The van der Waals surface area contributed by atoms with Gasteiger partial charge in [0.25, 0.3) is 0 Å². The van der Waals surface area contributed by atoms with Crippen LogP contribution in [0.25, 0.3) is 11.0 Å². The normalized spacial score (nSPS) is 21.5. The van der Waals surface area contributed by atoms with Gasteiger partial charge in [-0.15, -0.1) is 0 Å². The van der Waals surface area contributed by atoms with E-state index in [1.165, 1.54) is 0 Å². The highest BCUT2D eigenvalue weighted by molar-refractivity contribution is 5.83. The van der Waals surface area contributed by atoms with Crippen molar-refractivity contribution in [2.24, 2.45) is 5.92 Å². The Balaban J connectivity index is 1.15. The third-order valence-electron chi connectivity index (χ3n) is 9.32. The molecular formula is C38H47N5O5. The van der Waals surface area contributed by atoms with Gasteiger partial charge in [0.15, 0.2) is 0 Å². The van der Waals surface area contributed by atoms with Crippen LogP contribution in [0.15, 0.2) is 83.5 Å². The number of furan rings is 1. The molecule has 1 aliphatic heterocycles. The van der Waals surface area contributed by atoms with Crippen molar-refractivity contribution in [1.29, 1.82) is 0 Å². The molecule has 0 unspecified atom stereocenters. The average molecular weight is 654 g/mol. The number of pyridine rings is 1. The molecule has 0 bridgehead atoms. The first-order chi connectivity index (χ1) is 23.0. The van der Waals surface area contributed by atoms with E-state index in [2.05, 4.69) is 20.5 Å². The fraction of sp³-hybridized carbons (Fsp3) is 0.447. The molecule has 0 saturated carbocycles. The summed E-state index contributed by atoms with van der Waals surface area (Å²) in [6.07, 6.45) is 3.08. The summed E-state index contributed by atoms with van der Waals surface area (Å²) in [5.74, 6) is -0.0217. The predicted molar refractivity (Wildman–Crippen MR) is 184 cm³/mol. The third kappa shape index (κ3) is 8.30. The Labute approximate surface area is 282 Å². The van der Waals surface area contributed by atoms with Gasteiger partial charge in [-0.1, -0.05) is 54.6 Å². The lowest BCUT2D eigenvalue weighted by atomic mass is 9.91. The van der Waals surface area contributed by atoms with E-state index >= 15 is 0 Å². The largest absolute Gasteiger partial charge is 0.460 e. The second-order valence-electron chi connectivity index (χ2n) is 14.3. The minimum atomic E-state index is -0.857. The van der Waals surface area contributed by atoms with Crippen LogP contribution in [0, 0.1) is 5.92 Å². The Hall–Kier alpha value is -4.09. The molecule has 2 aliphatic rings. The molecule has 1 aliphatic carbocycles. The number of hydrogen-bond donors (Lipinski definition) is 4. The molecule has 3 heterocycles. The van der Waals surface area contributed by atoms with Crippen LogP contribution in [-0.2, 0) is 29.0 Å². The molecule has 6 rings (SSSR count). The molecule has 1 saturated heterocycles. The number of benzene rings is 2. The van der Waals surface area contributed by atoms with E-state index < -0.39 is 35.7 Å². The number of hydrogen-bond acceptors (Lipinski definition) is 8. The maximum Gasteiger partial charge on any atom is 0.239 e. The van der Waals surface area contributed by atoms with E-state index in [0.29, 0.717) is 39.0 Å². The minimum Gasteiger partial charge on any atom is -0.460 e. The molecule has 5 atom stereocenters. The SMILES string of the molecule is CC(C)(C)NC(=O)[C@@H]1CN(Cc2cc3cnccc3o2)CCN1C[C@@H](O)C[C@@H](Cc1ccccc1)C(=O)N[C@H]1c2ccccc2C[C@H]1O. The van der Waals surface area contributed by atoms with Crippen molar-refractivity contribution in [3.8, 4) is 0 Å². The van der Waals surface area contributed by atoms with Crippen LogP contribution in [0.4, 0.5) is 0 Å². The molecule has 10 heteroatoms. The molecule has 254 valence electrons. The van der Waals surface area contributed by atoms with Gasteiger partial charge in [0.2, 0.25) is 11.8 Å². The van der Waals surface area contributed by atoms with E-state index in [4.69, 9.17) is 4.42 Å². The van der Waals surface area contributed by atoms with Crippen LogP contribution in [-0.4, -0.2) is 86.8 Å². The van der Waals surface area contributed by atoms with Crippen molar-refractivity contribution >= 4 is 22.8 Å². The molecule has 4 aromatic rings. The minimum absolute atomic E-state index is 0.0966. The monoisotopic (exact) mass is 653 g/mol. The van der Waals surface area contributed by atoms with Gasteiger partial charge in [-0.05, 0) is 62.4 Å². The maximum absolute atomic E-state index is 13.9. The van der Waals surface area contributed by atoms with Gasteiger partial charge in [-0.2, -0.15) is 0 Å². The second-order valence-corrected chi connectivity index (χ2v) is 14.3. The number of carbonyl (C=O) groups is 2. The van der Waals surface area contributed by atoms with Crippen LogP contribution < -0.4 is 10.6 Å². The molecular weight excluding hydrogens is 606 g/mol. The Morgan fingerprint density at radius 3 is 2.60 bits per heavy atom. The average Bonchev–Trinajstić information content (AvgIpc) is 3.60. The lowest BCUT2D eigenvalue weighted by Crippen LogP contribution is -2.61. The topological polar surface area (TPSA) is 131 Å². The van der Waals surface area contributed by atoms with Gasteiger partial charge in [-0.25, -0.2) is 0 Å². The van der Waals surface area contributed by atoms with Crippen molar-refractivity contribution in [3.63, 3.8) is 0 Å². The molecule has 10 nitrogen and oxygen atoms in total. The van der Waals surface area contributed by atoms with Crippen molar-refractivity contribution in [3.05, 3.63) is 102 Å². The number of rotatable bonds is 11. The summed E-state index contributed by atoms with van der Waals surface area (Å²) in [5.41, 5.74) is 3.32. The Kier molecular flexibility index (Phi) is 10.3. The van der Waals surface area contributed by atoms with Gasteiger partial charge in [0.1, 0.15) is 17.4 Å². The number of nitrogens with one attached hydrogen (secondary N) is 2. The Morgan fingerprint density at radius 2 is 1.83 bits per heavy atom. The van der Waals surface area contributed by atoms with Crippen molar-refractivity contribution in [2.45, 2.75) is 76.4 Å². The standard InChI is InChI=1S/C38H47N5O5/c1-38(2,3)41-37(47)32-24-42(23-30-19-28-21-39-14-13-34(28)48-30)15-16-43(32)22-29(44)18-27(17-25-9-5-4-6-10-25)36(46)40-35-31-12-8-7-11-26(31)20-33(35)45/h4-14,19,21,27,29,32-33,35,44-45H,15-18,20,22-24H2,1-3H3,(H,40,46)(H,41,47)/t27-,29+,32+,33-,35+/m1/s1. The van der Waals surface area contributed by atoms with E-state index in [1.807, 2.05) is 92.4 Å². The highest BCUT2D eigenvalue weighted by atomic mass is 16.3. The second kappa shape index (κ2) is 14.6. The molecule has 2 aromatic heterocycles. The van der Waals surface area contributed by atoms with Crippen molar-refractivity contribution < 1.29 is 24.2 Å². The van der Waals surface area contributed by atoms with E-state index in [1.54, 1.807) is 12.4 Å². The zero-order chi connectivity index (χ0) is 33.8. The number of carbonyl (C=O) groups excluding carboxylic acids is 2. The Bertz CT molecular complexity index is 1670. The summed E-state index contributed by atoms with van der Waals surface area (Å²) in [7, 11) is 0. The van der Waals surface area contributed by atoms with Gasteiger partial charge < -0.3 is 25.3 Å². The van der Waals surface area contributed by atoms with Crippen LogP contribution in [0.1, 0.15) is 55.7 Å². The number of aliphatic hydroxyl groups excluding tert-OH is 2. The first-order valence-corrected chi connectivity index (χ1v) is 16.9.